The van der Waals surface area contributed by atoms with Gasteiger partial charge in [0.2, 0.25) is 5.84 Å². The van der Waals surface area contributed by atoms with Gasteiger partial charge >= 0.3 is 6.97 Å². The van der Waals surface area contributed by atoms with Gasteiger partial charge in [0.1, 0.15) is 8.07 Å². The van der Waals surface area contributed by atoms with Gasteiger partial charge in [-0.05, 0) is 82.7 Å². The molecular formula is C51H41BF2N4Si. The Balaban J connectivity index is 1.11. The maximum Gasteiger partial charge on any atom is 0.642 e. The van der Waals surface area contributed by atoms with Crippen LogP contribution in [-0.2, 0) is 0 Å². The maximum atomic E-state index is 17.6. The van der Waals surface area contributed by atoms with E-state index in [1.807, 2.05) is 91.0 Å². The molecule has 0 bridgehead atoms. The lowest BCUT2D eigenvalue weighted by molar-refractivity contribution is -0.551. The zero-order valence-electron chi connectivity index (χ0n) is 33.1. The van der Waals surface area contributed by atoms with Gasteiger partial charge in [-0.15, -0.1) is 0 Å². The van der Waals surface area contributed by atoms with E-state index in [-0.39, 0.29) is 11.7 Å². The summed E-state index contributed by atoms with van der Waals surface area (Å²) in [6.07, 6.45) is 3.47. The SMILES string of the molecule is Cc1ccccc1C1=CC2=Nc3c4ccccc4c(-c4ccccc4)c[n+]3[B-](F)(F)N2c2ccc([Si](C)(C)c3ccc(N(c4ccccc4)c4ccccc4)cc3)cc21. The molecule has 0 saturated carbocycles. The number of rotatable bonds is 7. The van der Waals surface area contributed by atoms with Crippen LogP contribution in [0.5, 0.6) is 0 Å². The summed E-state index contributed by atoms with van der Waals surface area (Å²) in [4.78, 5) is 8.53. The van der Waals surface area contributed by atoms with Crippen LogP contribution < -0.4 is 24.6 Å². The van der Waals surface area contributed by atoms with Crippen molar-refractivity contribution in [3.8, 4) is 11.1 Å². The van der Waals surface area contributed by atoms with Crippen LogP contribution in [0.25, 0.3) is 27.5 Å². The average Bonchev–Trinajstić information content (AvgIpc) is 3.27. The molecule has 8 aromatic rings. The Hall–Kier alpha value is -6.90. The Labute approximate surface area is 344 Å². The predicted octanol–water partition coefficient (Wildman–Crippen LogP) is 11.6. The van der Waals surface area contributed by atoms with Crippen molar-refractivity contribution in [1.29, 1.82) is 0 Å². The van der Waals surface area contributed by atoms with Gasteiger partial charge in [-0.2, -0.15) is 0 Å². The highest BCUT2D eigenvalue weighted by Gasteiger charge is 2.52. The molecular weight excluding hydrogens is 745 g/mol. The number of aryl methyl sites for hydroxylation is 1. The van der Waals surface area contributed by atoms with Crippen molar-refractivity contribution >= 4 is 76.2 Å². The van der Waals surface area contributed by atoms with E-state index in [9.17, 15) is 0 Å². The largest absolute Gasteiger partial charge is 0.642 e. The first-order chi connectivity index (χ1) is 28.7. The first-order valence-corrected chi connectivity index (χ1v) is 23.1. The van der Waals surface area contributed by atoms with E-state index in [1.54, 1.807) is 6.20 Å². The quantitative estimate of drug-likeness (QED) is 0.150. The first kappa shape index (κ1) is 36.4. The van der Waals surface area contributed by atoms with Crippen LogP contribution in [0.2, 0.25) is 13.1 Å². The van der Waals surface area contributed by atoms with E-state index in [0.29, 0.717) is 11.1 Å². The third-order valence-corrected chi connectivity index (χ3v) is 15.6. The number of hydrogen-bond acceptors (Lipinski definition) is 3. The van der Waals surface area contributed by atoms with E-state index >= 15 is 8.63 Å². The number of aliphatic imine (C=N–C) groups is 1. The lowest BCUT2D eigenvalue weighted by Crippen LogP contribution is -2.73. The lowest BCUT2D eigenvalue weighted by Gasteiger charge is -2.43. The summed E-state index contributed by atoms with van der Waals surface area (Å²) < 4.78 is 36.4. The third-order valence-electron chi connectivity index (χ3n) is 12.0. The molecule has 2 aliphatic heterocycles. The van der Waals surface area contributed by atoms with Crippen molar-refractivity contribution < 1.29 is 13.1 Å². The lowest BCUT2D eigenvalue weighted by atomic mass is 9.82. The van der Waals surface area contributed by atoms with Crippen molar-refractivity contribution in [1.82, 2.24) is 0 Å². The molecule has 3 heterocycles. The first-order valence-electron chi connectivity index (χ1n) is 20.1. The molecule has 1 aromatic heterocycles. The van der Waals surface area contributed by atoms with Gasteiger partial charge in [-0.1, -0.05) is 157 Å². The summed E-state index contributed by atoms with van der Waals surface area (Å²) in [5.41, 5.74) is 9.03. The van der Waals surface area contributed by atoms with E-state index in [2.05, 4.69) is 122 Å². The van der Waals surface area contributed by atoms with Crippen molar-refractivity contribution in [2.24, 2.45) is 4.99 Å². The Morgan fingerprint density at radius 1 is 0.576 bits per heavy atom. The molecule has 0 amide bonds. The van der Waals surface area contributed by atoms with Gasteiger partial charge in [0.05, 0.1) is 11.6 Å². The maximum absolute atomic E-state index is 17.6. The highest BCUT2D eigenvalue weighted by Crippen LogP contribution is 2.44. The Morgan fingerprint density at radius 3 is 1.80 bits per heavy atom. The molecule has 0 radical (unpaired) electrons. The fourth-order valence-electron chi connectivity index (χ4n) is 8.81. The molecule has 59 heavy (non-hydrogen) atoms. The minimum absolute atomic E-state index is 0.236. The molecule has 0 aliphatic carbocycles. The van der Waals surface area contributed by atoms with Gasteiger partial charge in [0, 0.05) is 45.3 Å². The molecule has 0 fully saturated rings. The highest BCUT2D eigenvalue weighted by atomic mass is 28.3. The average molecular weight is 787 g/mol. The minimum atomic E-state index is -4.37. The molecule has 0 unspecified atom stereocenters. The number of halogens is 2. The second-order valence-corrected chi connectivity index (χ2v) is 20.3. The van der Waals surface area contributed by atoms with E-state index in [0.717, 1.165) is 65.5 Å². The summed E-state index contributed by atoms with van der Waals surface area (Å²) >= 11 is 0. The number of fused-ring (bicyclic) bond motifs is 6. The Kier molecular flexibility index (Phi) is 8.76. The smallest absolute Gasteiger partial charge is 0.414 e. The number of para-hydroxylation sites is 2. The second-order valence-electron chi connectivity index (χ2n) is 15.9. The summed E-state index contributed by atoms with van der Waals surface area (Å²) in [6, 6.07) is 61.5. The number of aromatic nitrogens is 1. The second kappa shape index (κ2) is 14.2. The summed E-state index contributed by atoms with van der Waals surface area (Å²) in [5, 5.41) is 3.97. The van der Waals surface area contributed by atoms with Crippen molar-refractivity contribution in [3.63, 3.8) is 0 Å². The van der Waals surface area contributed by atoms with E-state index in [1.165, 1.54) is 10.00 Å². The van der Waals surface area contributed by atoms with E-state index < -0.39 is 15.0 Å². The molecule has 0 N–H and O–H groups in total. The van der Waals surface area contributed by atoms with E-state index in [4.69, 9.17) is 4.99 Å². The van der Waals surface area contributed by atoms with Crippen LogP contribution >= 0.6 is 0 Å². The molecule has 7 aromatic carbocycles. The van der Waals surface area contributed by atoms with Crippen LogP contribution in [0, 0.1) is 6.92 Å². The monoisotopic (exact) mass is 786 g/mol. The van der Waals surface area contributed by atoms with Crippen LogP contribution in [0.15, 0.2) is 199 Å². The molecule has 4 nitrogen and oxygen atoms in total. The number of amidine groups is 1. The van der Waals surface area contributed by atoms with Crippen LogP contribution in [0.3, 0.4) is 0 Å². The van der Waals surface area contributed by atoms with Crippen molar-refractivity contribution in [2.45, 2.75) is 20.0 Å². The number of anilines is 4. The fraction of sp³-hybridized carbons (Fsp3) is 0.0588. The highest BCUT2D eigenvalue weighted by molar-refractivity contribution is 7.00. The summed E-state index contributed by atoms with van der Waals surface area (Å²) in [5.74, 6) is 0.492. The summed E-state index contributed by atoms with van der Waals surface area (Å²) in [7, 11) is -2.37. The van der Waals surface area contributed by atoms with Crippen LogP contribution in [0.4, 0.5) is 37.2 Å². The third kappa shape index (κ3) is 6.10. The molecule has 286 valence electrons. The topological polar surface area (TPSA) is 22.7 Å². The number of pyridine rings is 1. The minimum Gasteiger partial charge on any atom is -0.414 e. The summed E-state index contributed by atoms with van der Waals surface area (Å²) in [6.45, 7) is 2.38. The zero-order valence-corrected chi connectivity index (χ0v) is 34.1. The molecule has 0 saturated heterocycles. The zero-order chi connectivity index (χ0) is 40.3. The number of nitrogens with zero attached hydrogens (tertiary/aromatic N) is 4. The van der Waals surface area contributed by atoms with Gasteiger partial charge in [0.15, 0.2) is 0 Å². The molecule has 10 rings (SSSR count). The normalized spacial score (nSPS) is 14.2. The Morgan fingerprint density at radius 2 is 1.14 bits per heavy atom. The van der Waals surface area contributed by atoms with Crippen LogP contribution in [-0.4, -0.2) is 20.9 Å². The Bertz CT molecular complexity index is 2910. The number of benzene rings is 7. The molecule has 2 aliphatic rings. The van der Waals surface area contributed by atoms with Crippen molar-refractivity contribution in [2.75, 3.05) is 9.71 Å². The van der Waals surface area contributed by atoms with Crippen molar-refractivity contribution in [3.05, 3.63) is 211 Å². The predicted molar refractivity (Wildman–Crippen MR) is 245 cm³/mol. The van der Waals surface area contributed by atoms with Gasteiger partial charge in [0.25, 0.3) is 5.82 Å². The molecule has 0 spiro atoms. The van der Waals surface area contributed by atoms with Gasteiger partial charge < -0.3 is 22.8 Å². The standard InChI is InChI=1S/C51H41BF2N4Si/c1-36-17-13-14-24-43(36)46-34-50-55-51-45-26-16-15-25-44(45)48(37-18-7-4-8-19-37)35-56(51)52(53,54)58(50)49-32-31-42(33-47(46)49)59(2,3)41-29-27-40(28-30-41)57(38-20-9-5-10-21-38)39-22-11-6-12-23-39/h4-35H,1-3H3. The molecule has 0 atom stereocenters. The number of hydrogen-bond donors (Lipinski definition) is 0. The fourth-order valence-corrected chi connectivity index (χ4v) is 11.2. The van der Waals surface area contributed by atoms with Crippen LogP contribution in [0.1, 0.15) is 16.7 Å². The molecule has 8 heteroatoms. The van der Waals surface area contributed by atoms with Gasteiger partial charge in [-0.25, -0.2) is 0 Å². The van der Waals surface area contributed by atoms with Gasteiger partial charge in [-0.3, -0.25) is 0 Å².